The van der Waals surface area contributed by atoms with E-state index in [0.717, 1.165) is 12.1 Å². The van der Waals surface area contributed by atoms with Crippen LogP contribution in [0.1, 0.15) is 6.92 Å². The Morgan fingerprint density at radius 2 is 1.86 bits per heavy atom. The molecule has 0 saturated carbocycles. The number of hydrogen-bond donors (Lipinski definition) is 1. The van der Waals surface area contributed by atoms with E-state index in [0.29, 0.717) is 26.4 Å². The smallest absolute Gasteiger partial charge is 0.326 e. The molecule has 0 bridgehead atoms. The van der Waals surface area contributed by atoms with Crippen LogP contribution in [0.2, 0.25) is 31.7 Å². The van der Waals surface area contributed by atoms with Crippen LogP contribution in [0.15, 0.2) is 0 Å². The fourth-order valence-corrected chi connectivity index (χ4v) is 9.07. The van der Waals surface area contributed by atoms with Crippen LogP contribution < -0.4 is 0 Å². The van der Waals surface area contributed by atoms with E-state index in [-0.39, 0.29) is 27.4 Å². The SMILES string of the molecule is CO[Si](C)(CCOC1CO1)O[Si](C)(C)CCOCC(C)O.[W]. The van der Waals surface area contributed by atoms with E-state index >= 15 is 0 Å². The van der Waals surface area contributed by atoms with Gasteiger partial charge in [0.25, 0.3) is 0 Å². The molecule has 1 N–H and O–H groups in total. The van der Waals surface area contributed by atoms with Crippen molar-refractivity contribution >= 4 is 16.9 Å². The molecular weight excluding hydrogens is 492 g/mol. The van der Waals surface area contributed by atoms with Crippen LogP contribution in [-0.4, -0.2) is 67.9 Å². The van der Waals surface area contributed by atoms with Crippen LogP contribution in [-0.2, 0) is 43.8 Å². The molecule has 3 atom stereocenters. The van der Waals surface area contributed by atoms with Gasteiger partial charge in [-0.15, -0.1) is 0 Å². The average Bonchev–Trinajstić information content (AvgIpc) is 3.18. The molecule has 1 fully saturated rings. The Kier molecular flexibility index (Phi) is 11.1. The second-order valence-corrected chi connectivity index (χ2v) is 14.3. The van der Waals surface area contributed by atoms with Crippen LogP contribution >= 0.6 is 0 Å². The fraction of sp³-hybridized carbons (Fsp3) is 1.00. The maximum absolute atomic E-state index is 9.17. The van der Waals surface area contributed by atoms with E-state index in [4.69, 9.17) is 22.8 Å². The maximum Gasteiger partial charge on any atom is 0.326 e. The van der Waals surface area contributed by atoms with E-state index in [1.54, 1.807) is 14.0 Å². The largest absolute Gasteiger partial charge is 0.436 e. The van der Waals surface area contributed by atoms with Crippen molar-refractivity contribution < 1.29 is 48.9 Å². The molecule has 0 amide bonds. The molecule has 6 nitrogen and oxygen atoms in total. The van der Waals surface area contributed by atoms with Gasteiger partial charge in [-0.3, -0.25) is 0 Å². The minimum Gasteiger partial charge on any atom is -0.436 e. The number of aliphatic hydroxyl groups excluding tert-OH is 1. The first-order valence-corrected chi connectivity index (χ1v) is 13.1. The number of ether oxygens (including phenoxy) is 3. The average molecular weight is 522 g/mol. The van der Waals surface area contributed by atoms with Crippen molar-refractivity contribution in [3.05, 3.63) is 0 Å². The Labute approximate surface area is 150 Å². The van der Waals surface area contributed by atoms with Gasteiger partial charge in [0.2, 0.25) is 0 Å². The Balaban J connectivity index is 0.00000441. The van der Waals surface area contributed by atoms with E-state index in [2.05, 4.69) is 19.6 Å². The molecule has 9 heteroatoms. The van der Waals surface area contributed by atoms with Crippen molar-refractivity contribution in [3.63, 3.8) is 0 Å². The second kappa shape index (κ2) is 10.7. The Morgan fingerprint density at radius 1 is 1.23 bits per heavy atom. The van der Waals surface area contributed by atoms with Gasteiger partial charge in [-0.1, -0.05) is 0 Å². The molecule has 0 aliphatic carbocycles. The monoisotopic (exact) mass is 522 g/mol. The van der Waals surface area contributed by atoms with Crippen LogP contribution in [0.25, 0.3) is 0 Å². The number of rotatable bonds is 12. The normalized spacial score (nSPS) is 21.8. The standard InChI is InChI=1S/C13H30O6Si2.W/c1-12(14)10-16-6-8-20(3,4)19-21(5,15-2)9-7-17-13-11-18-13;/h12-14H,6-11H2,1-5H3;. The van der Waals surface area contributed by atoms with Gasteiger partial charge in [0, 0.05) is 40.8 Å². The van der Waals surface area contributed by atoms with Crippen LogP contribution in [0.4, 0.5) is 0 Å². The maximum atomic E-state index is 9.17. The fourth-order valence-electron chi connectivity index (χ4n) is 1.91. The third-order valence-electron chi connectivity index (χ3n) is 3.29. The summed E-state index contributed by atoms with van der Waals surface area (Å²) in [6.45, 7) is 10.5. The first-order valence-electron chi connectivity index (χ1n) is 7.51. The number of hydrogen-bond acceptors (Lipinski definition) is 6. The summed E-state index contributed by atoms with van der Waals surface area (Å²) in [7, 11) is -2.34. The summed E-state index contributed by atoms with van der Waals surface area (Å²) in [4.78, 5) is 0. The Morgan fingerprint density at radius 3 is 2.36 bits per heavy atom. The molecular formula is C13H30O6Si2W. The van der Waals surface area contributed by atoms with Gasteiger partial charge in [0.15, 0.2) is 14.6 Å². The molecule has 22 heavy (non-hydrogen) atoms. The van der Waals surface area contributed by atoms with E-state index in [1.165, 1.54) is 0 Å². The molecule has 1 rings (SSSR count). The third-order valence-corrected chi connectivity index (χ3v) is 10.6. The van der Waals surface area contributed by atoms with Crippen LogP contribution in [0, 0.1) is 0 Å². The zero-order valence-electron chi connectivity index (χ0n) is 14.3. The minimum absolute atomic E-state index is 0. The summed E-state index contributed by atoms with van der Waals surface area (Å²) in [6, 6.07) is 1.69. The molecule has 0 aromatic heterocycles. The van der Waals surface area contributed by atoms with Gasteiger partial charge in [0.1, 0.15) is 6.61 Å². The molecule has 0 aromatic carbocycles. The van der Waals surface area contributed by atoms with E-state index < -0.39 is 23.0 Å². The first kappa shape index (κ1) is 22.9. The first-order chi connectivity index (χ1) is 9.76. The van der Waals surface area contributed by atoms with Gasteiger partial charge in [-0.25, -0.2) is 0 Å². The van der Waals surface area contributed by atoms with Crippen LogP contribution in [0.5, 0.6) is 0 Å². The van der Waals surface area contributed by atoms with Gasteiger partial charge >= 0.3 is 8.56 Å². The molecule has 0 aromatic rings. The van der Waals surface area contributed by atoms with Gasteiger partial charge < -0.3 is 27.9 Å². The van der Waals surface area contributed by atoms with E-state index in [1.807, 2.05) is 0 Å². The van der Waals surface area contributed by atoms with Crippen LogP contribution in [0.3, 0.4) is 0 Å². The molecule has 1 aliphatic heterocycles. The van der Waals surface area contributed by atoms with E-state index in [9.17, 15) is 5.11 Å². The molecule has 1 heterocycles. The van der Waals surface area contributed by atoms with Crippen molar-refractivity contribution in [2.75, 3.05) is 33.5 Å². The predicted molar refractivity (Wildman–Crippen MR) is 85.0 cm³/mol. The van der Waals surface area contributed by atoms with Gasteiger partial charge in [0.05, 0.1) is 19.3 Å². The molecule has 1 aliphatic rings. The van der Waals surface area contributed by atoms with Crippen molar-refractivity contribution in [1.82, 2.24) is 0 Å². The van der Waals surface area contributed by atoms with Crippen molar-refractivity contribution in [1.29, 1.82) is 0 Å². The molecule has 0 radical (unpaired) electrons. The predicted octanol–water partition coefficient (Wildman–Crippen LogP) is 1.69. The summed E-state index contributed by atoms with van der Waals surface area (Å²) in [5.41, 5.74) is 0. The number of epoxide rings is 1. The van der Waals surface area contributed by atoms with Gasteiger partial charge in [-0.2, -0.15) is 0 Å². The minimum atomic E-state index is -2.20. The third kappa shape index (κ3) is 10.6. The van der Waals surface area contributed by atoms with Crippen molar-refractivity contribution in [2.45, 2.75) is 51.0 Å². The Hall–Kier alpha value is 0.882. The second-order valence-electron chi connectivity index (χ2n) is 6.26. The molecule has 3 unspecified atom stereocenters. The molecule has 0 spiro atoms. The summed E-state index contributed by atoms with van der Waals surface area (Å²) in [6.07, 6.45) is -0.435. The zero-order chi connectivity index (χ0) is 15.9. The topological polar surface area (TPSA) is 69.7 Å². The number of aliphatic hydroxyl groups is 1. The molecule has 132 valence electrons. The summed E-state index contributed by atoms with van der Waals surface area (Å²) >= 11 is 0. The Bertz CT molecular complexity index is 304. The summed E-state index contributed by atoms with van der Waals surface area (Å²) in [5, 5.41) is 9.17. The molecule has 1 saturated heterocycles. The summed E-state index contributed by atoms with van der Waals surface area (Å²) < 4.78 is 28.0. The van der Waals surface area contributed by atoms with Crippen molar-refractivity contribution in [2.24, 2.45) is 0 Å². The van der Waals surface area contributed by atoms with Gasteiger partial charge in [-0.05, 0) is 32.6 Å². The zero-order valence-corrected chi connectivity index (χ0v) is 19.2. The van der Waals surface area contributed by atoms with Crippen molar-refractivity contribution in [3.8, 4) is 0 Å². The summed E-state index contributed by atoms with van der Waals surface area (Å²) in [5.74, 6) is 0. The quantitative estimate of drug-likeness (QED) is 0.239.